The highest BCUT2D eigenvalue weighted by atomic mass is 35.5. The smallest absolute Gasteiger partial charge is 0.305 e. The summed E-state index contributed by atoms with van der Waals surface area (Å²) in [4.78, 5) is 22.4. The molecule has 0 aliphatic carbocycles. The van der Waals surface area contributed by atoms with Gasteiger partial charge in [0.05, 0.1) is 13.5 Å². The Balaban J connectivity index is 2.03. The highest BCUT2D eigenvalue weighted by Gasteiger charge is 2.21. The molecular formula is C14H17ClN2O3. The average molecular weight is 297 g/mol. The van der Waals surface area contributed by atoms with Crippen molar-refractivity contribution in [3.8, 4) is 0 Å². The first-order valence-electron chi connectivity index (χ1n) is 6.46. The van der Waals surface area contributed by atoms with Gasteiger partial charge in [-0.05, 0) is 30.0 Å². The van der Waals surface area contributed by atoms with Crippen LogP contribution >= 0.6 is 11.6 Å². The Bertz CT molecular complexity index is 545. The minimum Gasteiger partial charge on any atom is -0.469 e. The van der Waals surface area contributed by atoms with E-state index in [1.807, 2.05) is 6.07 Å². The molecule has 1 aliphatic rings. The van der Waals surface area contributed by atoms with Gasteiger partial charge in [-0.3, -0.25) is 9.59 Å². The van der Waals surface area contributed by atoms with Crippen molar-refractivity contribution in [1.29, 1.82) is 0 Å². The number of hydrogen-bond acceptors (Lipinski definition) is 4. The zero-order valence-electron chi connectivity index (χ0n) is 11.2. The molecule has 1 aromatic rings. The summed E-state index contributed by atoms with van der Waals surface area (Å²) in [5.74, 6) is -0.278. The third kappa shape index (κ3) is 3.29. The third-order valence-corrected chi connectivity index (χ3v) is 3.70. The molecule has 0 saturated heterocycles. The fourth-order valence-electron chi connectivity index (χ4n) is 2.28. The second-order valence-electron chi connectivity index (χ2n) is 4.83. The molecule has 3 N–H and O–H groups in total. The van der Waals surface area contributed by atoms with E-state index in [1.54, 1.807) is 6.07 Å². The van der Waals surface area contributed by atoms with Crippen molar-refractivity contribution in [3.05, 3.63) is 28.3 Å². The largest absolute Gasteiger partial charge is 0.469 e. The van der Waals surface area contributed by atoms with E-state index in [0.717, 1.165) is 16.8 Å². The SMILES string of the molecule is COC(=O)CCCC(N)c1cc2c(cc1Cl)NC(=O)C2. The van der Waals surface area contributed by atoms with Crippen molar-refractivity contribution in [3.63, 3.8) is 0 Å². The van der Waals surface area contributed by atoms with E-state index in [2.05, 4.69) is 10.1 Å². The zero-order valence-corrected chi connectivity index (χ0v) is 12.0. The molecular weight excluding hydrogens is 280 g/mol. The number of nitrogens with one attached hydrogen (secondary N) is 1. The predicted molar refractivity (Wildman–Crippen MR) is 76.6 cm³/mol. The van der Waals surface area contributed by atoms with E-state index in [9.17, 15) is 9.59 Å². The van der Waals surface area contributed by atoms with Crippen molar-refractivity contribution in [2.45, 2.75) is 31.7 Å². The number of rotatable bonds is 5. The topological polar surface area (TPSA) is 81.4 Å². The molecule has 1 aromatic carbocycles. The molecule has 20 heavy (non-hydrogen) atoms. The summed E-state index contributed by atoms with van der Waals surface area (Å²) in [6, 6.07) is 3.35. The van der Waals surface area contributed by atoms with Gasteiger partial charge in [-0.25, -0.2) is 0 Å². The molecule has 0 fully saturated rings. The summed E-state index contributed by atoms with van der Waals surface area (Å²) in [6.45, 7) is 0. The van der Waals surface area contributed by atoms with Gasteiger partial charge in [0.15, 0.2) is 0 Å². The van der Waals surface area contributed by atoms with E-state index in [1.165, 1.54) is 7.11 Å². The van der Waals surface area contributed by atoms with E-state index >= 15 is 0 Å². The fourth-order valence-corrected chi connectivity index (χ4v) is 2.58. The number of esters is 1. The van der Waals surface area contributed by atoms with Crippen LogP contribution in [0.4, 0.5) is 5.69 Å². The molecule has 5 nitrogen and oxygen atoms in total. The Morgan fingerprint density at radius 3 is 3.00 bits per heavy atom. The third-order valence-electron chi connectivity index (χ3n) is 3.37. The molecule has 0 radical (unpaired) electrons. The van der Waals surface area contributed by atoms with Crippen molar-refractivity contribution in [1.82, 2.24) is 0 Å². The van der Waals surface area contributed by atoms with Crippen LogP contribution < -0.4 is 11.1 Å². The summed E-state index contributed by atoms with van der Waals surface area (Å²) in [6.07, 6.45) is 1.97. The number of benzene rings is 1. The first-order chi connectivity index (χ1) is 9.51. The van der Waals surface area contributed by atoms with Crippen LogP contribution in [0.3, 0.4) is 0 Å². The van der Waals surface area contributed by atoms with Crippen LogP contribution in [0.25, 0.3) is 0 Å². The lowest BCUT2D eigenvalue weighted by atomic mass is 9.98. The van der Waals surface area contributed by atoms with Crippen molar-refractivity contribution in [2.75, 3.05) is 12.4 Å². The Morgan fingerprint density at radius 2 is 2.30 bits per heavy atom. The first kappa shape index (κ1) is 14.8. The molecule has 1 atom stereocenters. The minimum absolute atomic E-state index is 0.0347. The van der Waals surface area contributed by atoms with Crippen LogP contribution in [0.5, 0.6) is 0 Å². The van der Waals surface area contributed by atoms with Crippen molar-refractivity contribution < 1.29 is 14.3 Å². The number of carbonyl (C=O) groups is 2. The molecule has 2 rings (SSSR count). The number of ether oxygens (including phenoxy) is 1. The summed E-state index contributed by atoms with van der Waals surface area (Å²) >= 11 is 6.20. The fraction of sp³-hybridized carbons (Fsp3) is 0.429. The van der Waals surface area contributed by atoms with Gasteiger partial charge in [-0.15, -0.1) is 0 Å². The molecule has 6 heteroatoms. The number of amides is 1. The number of halogens is 1. The van der Waals surface area contributed by atoms with Gasteiger partial charge in [-0.1, -0.05) is 17.7 Å². The van der Waals surface area contributed by atoms with E-state index < -0.39 is 0 Å². The van der Waals surface area contributed by atoms with Crippen LogP contribution in [0.2, 0.25) is 5.02 Å². The second-order valence-corrected chi connectivity index (χ2v) is 5.24. The number of anilines is 1. The molecule has 0 saturated carbocycles. The van der Waals surface area contributed by atoms with Crippen LogP contribution in [0.1, 0.15) is 36.4 Å². The van der Waals surface area contributed by atoms with Gasteiger partial charge < -0.3 is 15.8 Å². The minimum atomic E-state index is -0.256. The van der Waals surface area contributed by atoms with E-state index in [-0.39, 0.29) is 17.9 Å². The number of nitrogens with two attached hydrogens (primary N) is 1. The lowest BCUT2D eigenvalue weighted by Crippen LogP contribution is -2.12. The maximum atomic E-state index is 11.3. The Kier molecular flexibility index (Phi) is 4.62. The van der Waals surface area contributed by atoms with Crippen LogP contribution in [0.15, 0.2) is 12.1 Å². The van der Waals surface area contributed by atoms with Gasteiger partial charge in [0, 0.05) is 23.2 Å². The van der Waals surface area contributed by atoms with Crippen molar-refractivity contribution >= 4 is 29.2 Å². The number of methoxy groups -OCH3 is 1. The number of carbonyl (C=O) groups excluding carboxylic acids is 2. The number of hydrogen-bond donors (Lipinski definition) is 2. The highest BCUT2D eigenvalue weighted by Crippen LogP contribution is 2.33. The molecule has 0 spiro atoms. The van der Waals surface area contributed by atoms with Crippen molar-refractivity contribution in [2.24, 2.45) is 5.73 Å². The Hall–Kier alpha value is -1.59. The summed E-state index contributed by atoms with van der Waals surface area (Å²) < 4.78 is 4.58. The zero-order chi connectivity index (χ0) is 14.7. The van der Waals surface area contributed by atoms with Crippen LogP contribution in [-0.2, 0) is 20.7 Å². The van der Waals surface area contributed by atoms with Gasteiger partial charge >= 0.3 is 5.97 Å². The molecule has 0 bridgehead atoms. The molecule has 1 heterocycles. The maximum absolute atomic E-state index is 11.3. The molecule has 1 unspecified atom stereocenters. The molecule has 1 aliphatic heterocycles. The first-order valence-corrected chi connectivity index (χ1v) is 6.83. The summed E-state index contributed by atoms with van der Waals surface area (Å²) in [5, 5.41) is 3.28. The molecule has 0 aromatic heterocycles. The average Bonchev–Trinajstić information content (AvgIpc) is 2.76. The van der Waals surface area contributed by atoms with E-state index in [0.29, 0.717) is 30.7 Å². The number of fused-ring (bicyclic) bond motifs is 1. The van der Waals surface area contributed by atoms with Gasteiger partial charge in [0.25, 0.3) is 0 Å². The highest BCUT2D eigenvalue weighted by molar-refractivity contribution is 6.32. The predicted octanol–water partition coefficient (Wildman–Crippen LogP) is 2.18. The monoisotopic (exact) mass is 296 g/mol. The van der Waals surface area contributed by atoms with Gasteiger partial charge in [0.1, 0.15) is 0 Å². The molecule has 108 valence electrons. The normalized spacial score (nSPS) is 14.7. The maximum Gasteiger partial charge on any atom is 0.305 e. The molecule has 1 amide bonds. The lowest BCUT2D eigenvalue weighted by Gasteiger charge is -2.15. The van der Waals surface area contributed by atoms with Crippen LogP contribution in [-0.4, -0.2) is 19.0 Å². The van der Waals surface area contributed by atoms with Gasteiger partial charge in [-0.2, -0.15) is 0 Å². The lowest BCUT2D eigenvalue weighted by molar-refractivity contribution is -0.140. The summed E-state index contributed by atoms with van der Waals surface area (Å²) in [5.41, 5.74) is 8.59. The van der Waals surface area contributed by atoms with Gasteiger partial charge in [0.2, 0.25) is 5.91 Å². The summed E-state index contributed by atoms with van der Waals surface area (Å²) in [7, 11) is 1.36. The standard InChI is InChI=1S/C14H17ClN2O3/c1-20-14(19)4-2-3-11(16)9-5-8-6-13(18)17-12(8)7-10(9)15/h5,7,11H,2-4,6,16H2,1H3,(H,17,18). The quantitative estimate of drug-likeness (QED) is 0.816. The Labute approximate surface area is 122 Å². The van der Waals surface area contributed by atoms with E-state index in [4.69, 9.17) is 17.3 Å². The van der Waals surface area contributed by atoms with Crippen LogP contribution in [0, 0.1) is 0 Å². The Morgan fingerprint density at radius 1 is 1.55 bits per heavy atom. The second kappa shape index (κ2) is 6.24.